The van der Waals surface area contributed by atoms with Gasteiger partial charge < -0.3 is 20.4 Å². The number of halogens is 6. The van der Waals surface area contributed by atoms with Crippen LogP contribution in [-0.4, -0.2) is 117 Å². The number of amides is 5. The second-order valence-electron chi connectivity index (χ2n) is 17.7. The molecule has 344 valence electrons. The Labute approximate surface area is 379 Å². The topological polar surface area (TPSA) is 160 Å². The van der Waals surface area contributed by atoms with Crippen molar-refractivity contribution in [3.63, 3.8) is 0 Å². The van der Waals surface area contributed by atoms with Crippen molar-refractivity contribution < 1.29 is 41.1 Å². The van der Waals surface area contributed by atoms with E-state index in [0.29, 0.717) is 46.8 Å². The first-order chi connectivity index (χ1) is 31.5. The molecule has 66 heavy (non-hydrogen) atoms. The van der Waals surface area contributed by atoms with Crippen molar-refractivity contribution in [2.75, 3.05) is 61.4 Å². The molecule has 21 heteroatoms. The van der Waals surface area contributed by atoms with Gasteiger partial charge in [0.05, 0.1) is 40.6 Å². The molecule has 1 aliphatic carbocycles. The maximum atomic E-state index is 16.1. The molecule has 1 spiro atoms. The summed E-state index contributed by atoms with van der Waals surface area (Å²) in [4.78, 5) is 66.0. The summed E-state index contributed by atoms with van der Waals surface area (Å²) in [5.74, 6) is -8.12. The molecule has 5 amide bonds. The molecule has 3 aromatic heterocycles. The van der Waals surface area contributed by atoms with Gasteiger partial charge in [-0.15, -0.1) is 5.10 Å². The lowest BCUT2D eigenvalue weighted by molar-refractivity contribution is -0.220. The van der Waals surface area contributed by atoms with Gasteiger partial charge in [-0.05, 0) is 67.1 Å². The number of hydrogen-bond acceptors (Lipinski definition) is 10. The van der Waals surface area contributed by atoms with E-state index in [2.05, 4.69) is 25.9 Å². The van der Waals surface area contributed by atoms with Crippen LogP contribution in [0.2, 0.25) is 5.02 Å². The van der Waals surface area contributed by atoms with E-state index in [9.17, 15) is 28.0 Å². The fourth-order valence-electron chi connectivity index (χ4n) is 9.81. The number of piperidine rings is 1. The Bertz CT molecular complexity index is 2870. The smallest absolute Gasteiger partial charge is 0.328 e. The molecule has 5 aromatic rings. The third-order valence-electron chi connectivity index (χ3n) is 13.6. The minimum Gasteiger partial charge on any atom is -0.385 e. The number of nitrogens with zero attached hydrogens (tertiary/aromatic N) is 8. The molecule has 3 saturated heterocycles. The van der Waals surface area contributed by atoms with Gasteiger partial charge in [-0.3, -0.25) is 34.5 Å². The molecule has 5 aliphatic rings. The predicted octanol–water partition coefficient (Wildman–Crippen LogP) is 6.59. The van der Waals surface area contributed by atoms with Gasteiger partial charge in [0.2, 0.25) is 5.91 Å². The number of urea groups is 1. The third kappa shape index (κ3) is 7.24. The van der Waals surface area contributed by atoms with Crippen LogP contribution in [0.15, 0.2) is 54.9 Å². The number of nitrogens with one attached hydrogen (secondary N) is 3. The molecule has 3 N–H and O–H groups in total. The third-order valence-corrected chi connectivity index (χ3v) is 14.1. The van der Waals surface area contributed by atoms with Gasteiger partial charge in [0.25, 0.3) is 23.7 Å². The van der Waals surface area contributed by atoms with Crippen molar-refractivity contribution >= 4 is 63.9 Å². The van der Waals surface area contributed by atoms with E-state index in [1.54, 1.807) is 38.4 Å². The Morgan fingerprint density at radius 1 is 0.939 bits per heavy atom. The van der Waals surface area contributed by atoms with Crippen LogP contribution in [0.25, 0.3) is 16.9 Å². The van der Waals surface area contributed by atoms with E-state index in [-0.39, 0.29) is 86.1 Å². The normalized spacial score (nSPS) is 20.8. The first-order valence-corrected chi connectivity index (χ1v) is 21.9. The number of aromatic nitrogens is 4. The zero-order valence-corrected chi connectivity index (χ0v) is 36.5. The summed E-state index contributed by atoms with van der Waals surface area (Å²) in [6.07, 6.45) is 3.30. The number of imide groups is 1. The summed E-state index contributed by atoms with van der Waals surface area (Å²) in [7, 11) is 1.69. The first kappa shape index (κ1) is 43.5. The summed E-state index contributed by atoms with van der Waals surface area (Å²) in [5, 5.41) is 12.6. The van der Waals surface area contributed by atoms with Crippen molar-refractivity contribution in [1.82, 2.24) is 40.0 Å². The quantitative estimate of drug-likeness (QED) is 0.138. The Balaban J connectivity index is 0.808. The molecule has 1 unspecified atom stereocenters. The van der Waals surface area contributed by atoms with Crippen LogP contribution < -0.4 is 25.8 Å². The minimum absolute atomic E-state index is 0.00160. The molecule has 4 fully saturated rings. The molecule has 7 heterocycles. The fourth-order valence-corrected chi connectivity index (χ4v) is 10.0. The molecule has 10 rings (SSSR count). The number of pyridine rings is 1. The van der Waals surface area contributed by atoms with Crippen molar-refractivity contribution in [2.24, 2.45) is 5.41 Å². The zero-order valence-electron chi connectivity index (χ0n) is 35.7. The number of carbonyl (C=O) groups is 4. The van der Waals surface area contributed by atoms with Crippen LogP contribution in [-0.2, 0) is 17.8 Å². The first-order valence-electron chi connectivity index (χ1n) is 21.6. The minimum atomic E-state index is -3.23. The van der Waals surface area contributed by atoms with Crippen LogP contribution in [0.1, 0.15) is 63.2 Å². The number of rotatable bonds is 9. The number of fused-ring (bicyclic) bond motifs is 2. The van der Waals surface area contributed by atoms with Crippen LogP contribution in [0.3, 0.4) is 0 Å². The second-order valence-corrected chi connectivity index (χ2v) is 18.1. The summed E-state index contributed by atoms with van der Waals surface area (Å²) >= 11 is 6.50. The number of carbonyl (C=O) groups excluding carboxylic acids is 4. The average molecular weight is 932 g/mol. The molecule has 1 saturated carbocycles. The lowest BCUT2D eigenvalue weighted by Crippen LogP contribution is -2.70. The van der Waals surface area contributed by atoms with Gasteiger partial charge in [0.1, 0.15) is 11.5 Å². The number of hydrogen-bond donors (Lipinski definition) is 3. The van der Waals surface area contributed by atoms with Crippen LogP contribution in [0.5, 0.6) is 0 Å². The Kier molecular flexibility index (Phi) is 10.5. The van der Waals surface area contributed by atoms with Gasteiger partial charge in [0.15, 0.2) is 17.2 Å². The highest BCUT2D eigenvalue weighted by Crippen LogP contribution is 2.51. The molecule has 0 radical (unpaired) electrons. The van der Waals surface area contributed by atoms with E-state index >= 15 is 13.2 Å². The average Bonchev–Trinajstić information content (AvgIpc) is 3.91. The van der Waals surface area contributed by atoms with Crippen LogP contribution >= 0.6 is 11.6 Å². The van der Waals surface area contributed by atoms with Crippen LogP contribution in [0, 0.1) is 18.2 Å². The standard InChI is InChI=1S/C45H43ClF5N11O4/c1-24-14-26(16-32(37(24)46)61-12-8-36(63)56-42(61)66)41(65)59-13-10-43(45(50,51)23-59)21-58(22-43)20-25-15-29(47)38(53-18-25)28-4-3-5-31-27(28)7-11-60(31)35-17-30(52-2)39-54-19-33(62(39)57-35)40(64)55-34-6-9-44(34,48)49/h3-5,14-19,34,52H,6-13,20-23H2,1-2H3,(H,55,64)(H,56,63,66). The van der Waals surface area contributed by atoms with E-state index in [0.717, 1.165) is 16.2 Å². The van der Waals surface area contributed by atoms with Crippen molar-refractivity contribution in [3.8, 4) is 11.3 Å². The fraction of sp³-hybridized carbons (Fsp3) is 0.400. The predicted molar refractivity (Wildman–Crippen MR) is 233 cm³/mol. The monoisotopic (exact) mass is 931 g/mol. The van der Waals surface area contributed by atoms with Gasteiger partial charge in [-0.1, -0.05) is 23.7 Å². The molecule has 1 atom stereocenters. The lowest BCUT2D eigenvalue weighted by Gasteiger charge is -2.57. The molecule has 0 bridgehead atoms. The maximum absolute atomic E-state index is 16.1. The number of aryl methyl sites for hydroxylation is 1. The highest BCUT2D eigenvalue weighted by atomic mass is 35.5. The maximum Gasteiger partial charge on any atom is 0.328 e. The van der Waals surface area contributed by atoms with Gasteiger partial charge in [-0.25, -0.2) is 36.2 Å². The van der Waals surface area contributed by atoms with Gasteiger partial charge >= 0.3 is 6.03 Å². The number of likely N-dealkylation sites (tertiary alicyclic amines) is 2. The summed E-state index contributed by atoms with van der Waals surface area (Å²) < 4.78 is 77.5. The summed E-state index contributed by atoms with van der Waals surface area (Å²) in [6.45, 7) is 1.70. The van der Waals surface area contributed by atoms with E-state index in [4.69, 9.17) is 16.7 Å². The second kappa shape index (κ2) is 15.9. The molecule has 15 nitrogen and oxygen atoms in total. The largest absolute Gasteiger partial charge is 0.385 e. The molecule has 4 aliphatic heterocycles. The van der Waals surface area contributed by atoms with Gasteiger partial charge in [-0.2, -0.15) is 0 Å². The van der Waals surface area contributed by atoms with Crippen LogP contribution in [0.4, 0.5) is 49.6 Å². The highest BCUT2D eigenvalue weighted by Gasteiger charge is 2.63. The van der Waals surface area contributed by atoms with E-state index in [1.807, 2.05) is 15.9 Å². The number of imidazole rings is 1. The number of alkyl halides is 4. The Morgan fingerprint density at radius 2 is 1.73 bits per heavy atom. The number of anilines is 4. The highest BCUT2D eigenvalue weighted by molar-refractivity contribution is 6.35. The number of benzene rings is 2. The molecular formula is C45H43ClF5N11O4. The Hall–Kier alpha value is -6.41. The zero-order chi connectivity index (χ0) is 46.4. The van der Waals surface area contributed by atoms with Crippen molar-refractivity contribution in [3.05, 3.63) is 93.6 Å². The molecular weight excluding hydrogens is 889 g/mol. The summed E-state index contributed by atoms with van der Waals surface area (Å²) in [6, 6.07) is 9.50. The molecule has 2 aromatic carbocycles. The van der Waals surface area contributed by atoms with E-state index in [1.165, 1.54) is 33.8 Å². The summed E-state index contributed by atoms with van der Waals surface area (Å²) in [5.41, 5.74) is 3.04. The van der Waals surface area contributed by atoms with Crippen molar-refractivity contribution in [2.45, 2.75) is 63.5 Å². The van der Waals surface area contributed by atoms with E-state index < -0.39 is 59.4 Å². The van der Waals surface area contributed by atoms with Gasteiger partial charge in [0, 0.05) is 88.2 Å². The van der Waals surface area contributed by atoms with Crippen molar-refractivity contribution in [1.29, 1.82) is 0 Å². The lowest BCUT2D eigenvalue weighted by atomic mass is 9.69. The SMILES string of the molecule is CNc1cc(N2CCc3c(-c4ncc(CN5CC6(CCN(C(=O)c7cc(C)c(Cl)c(N8CCC(=O)NC8=O)c7)CC6(F)F)C5)cc4F)cccc32)nn2c(C(=O)NC3CCC3(F)F)cnc12. The Morgan fingerprint density at radius 3 is 2.42 bits per heavy atom.